The topological polar surface area (TPSA) is 90.8 Å². The monoisotopic (exact) mass is 504 g/mol. The second-order valence-corrected chi connectivity index (χ2v) is 7.81. The summed E-state index contributed by atoms with van der Waals surface area (Å²) < 4.78 is 2.83. The summed E-state index contributed by atoms with van der Waals surface area (Å²) in [5, 5.41) is 25.0. The Labute approximate surface area is 232 Å². The molecule has 0 radical (unpaired) electrons. The predicted octanol–water partition coefficient (Wildman–Crippen LogP) is 1.01. The molecule has 4 rings (SSSR count). The molecule has 2 aromatic heterocycles. The van der Waals surface area contributed by atoms with Crippen LogP contribution in [0.15, 0.2) is 53.1 Å². The quantitative estimate of drug-likeness (QED) is 0.360. The van der Waals surface area contributed by atoms with Gasteiger partial charge in [0.1, 0.15) is 10.4 Å². The first-order valence-electron chi connectivity index (χ1n) is 9.93. The number of hydrogen-bond acceptors (Lipinski definition) is 5. The first-order chi connectivity index (χ1) is 14.7. The Morgan fingerprint density at radius 2 is 1.81 bits per heavy atom. The third-order valence-corrected chi connectivity index (χ3v) is 5.73. The van der Waals surface area contributed by atoms with Crippen molar-refractivity contribution >= 4 is 15.9 Å². The fraction of sp³-hybridized carbons (Fsp3) is 0.273. The van der Waals surface area contributed by atoms with Gasteiger partial charge in [0.15, 0.2) is 0 Å². The fourth-order valence-corrected chi connectivity index (χ4v) is 4.07. The Kier molecular flexibility index (Phi) is 9.14. The first kappa shape index (κ1) is 24.4. The molecule has 0 fully saturated rings. The Morgan fingerprint density at radius 1 is 1.06 bits per heavy atom. The number of halogens is 1. The van der Waals surface area contributed by atoms with Crippen molar-refractivity contribution in [3.8, 4) is 22.5 Å². The Morgan fingerprint density at radius 3 is 2.45 bits per heavy atom. The van der Waals surface area contributed by atoms with E-state index in [4.69, 9.17) is 0 Å². The van der Waals surface area contributed by atoms with Crippen molar-refractivity contribution in [2.75, 3.05) is 0 Å². The smallest absolute Gasteiger partial charge is 0.390 e. The molecule has 2 aromatic carbocycles. The molecule has 2 heterocycles. The first-order valence-corrected chi connectivity index (χ1v) is 10.7. The van der Waals surface area contributed by atoms with Crippen LogP contribution in [0.25, 0.3) is 22.5 Å². The zero-order valence-corrected chi connectivity index (χ0v) is 22.4. The van der Waals surface area contributed by atoms with E-state index in [0.29, 0.717) is 12.4 Å². The standard InChI is InChI=1S/C22H22BrN6O.K/c1-2-3-8-20-24-21(23)19(14-30)29(20)13-15-9-11-16(12-10-15)17-6-4-5-7-18(17)22-25-27-28-26-22;/h4-7,9-12,30H,2-3,8,13-14H2,1H3;/q-1;+1. The molecule has 0 aliphatic heterocycles. The maximum atomic E-state index is 9.82. The van der Waals surface area contributed by atoms with Crippen molar-refractivity contribution in [3.63, 3.8) is 0 Å². The van der Waals surface area contributed by atoms with Crippen molar-refractivity contribution in [1.29, 1.82) is 0 Å². The maximum absolute atomic E-state index is 9.82. The van der Waals surface area contributed by atoms with Gasteiger partial charge in [0.2, 0.25) is 0 Å². The van der Waals surface area contributed by atoms with Gasteiger partial charge in [-0.05, 0) is 39.0 Å². The van der Waals surface area contributed by atoms with E-state index in [1.165, 1.54) is 0 Å². The van der Waals surface area contributed by atoms with Gasteiger partial charge in [-0.3, -0.25) is 10.4 Å². The molecule has 0 aliphatic carbocycles. The van der Waals surface area contributed by atoms with Crippen molar-refractivity contribution in [3.05, 3.63) is 70.2 Å². The van der Waals surface area contributed by atoms with E-state index in [1.54, 1.807) is 0 Å². The van der Waals surface area contributed by atoms with Crippen LogP contribution >= 0.6 is 15.9 Å². The number of imidazole rings is 1. The molecule has 31 heavy (non-hydrogen) atoms. The Balaban J connectivity index is 0.00000272. The summed E-state index contributed by atoms with van der Waals surface area (Å²) in [6.07, 6.45) is 3.06. The zero-order valence-electron chi connectivity index (χ0n) is 17.7. The second-order valence-electron chi connectivity index (χ2n) is 7.06. The largest absolute Gasteiger partial charge is 1.00 e. The number of aromatic nitrogens is 6. The molecule has 0 bridgehead atoms. The minimum atomic E-state index is -0.0487. The SMILES string of the molecule is CCCCc1nc(Br)c(CO)n1Cc1ccc(-c2ccccc2-c2nn[n-]n2)cc1.[K+]. The Hall–Kier alpha value is -1.20. The summed E-state index contributed by atoms with van der Waals surface area (Å²) in [4.78, 5) is 4.61. The number of benzene rings is 2. The summed E-state index contributed by atoms with van der Waals surface area (Å²) in [5.41, 5.74) is 4.95. The number of hydrogen-bond donors (Lipinski definition) is 1. The van der Waals surface area contributed by atoms with Gasteiger partial charge in [-0.1, -0.05) is 61.9 Å². The number of aliphatic hydroxyl groups excluding tert-OH is 1. The van der Waals surface area contributed by atoms with Gasteiger partial charge in [-0.2, -0.15) is 0 Å². The summed E-state index contributed by atoms with van der Waals surface area (Å²) in [6.45, 7) is 2.78. The molecule has 0 saturated heterocycles. The normalized spacial score (nSPS) is 10.8. The van der Waals surface area contributed by atoms with Crippen LogP contribution in [0.2, 0.25) is 0 Å². The van der Waals surface area contributed by atoms with Crippen LogP contribution in [0.5, 0.6) is 0 Å². The van der Waals surface area contributed by atoms with E-state index in [-0.39, 0.29) is 58.0 Å². The molecule has 1 N–H and O–H groups in total. The molecular weight excluding hydrogens is 483 g/mol. The molecule has 7 nitrogen and oxygen atoms in total. The van der Waals surface area contributed by atoms with Gasteiger partial charge in [-0.25, -0.2) is 10.1 Å². The van der Waals surface area contributed by atoms with E-state index >= 15 is 0 Å². The van der Waals surface area contributed by atoms with E-state index < -0.39 is 0 Å². The zero-order chi connectivity index (χ0) is 20.9. The molecule has 0 amide bonds. The van der Waals surface area contributed by atoms with Gasteiger partial charge in [0.05, 0.1) is 18.1 Å². The molecule has 0 spiro atoms. The molecule has 0 unspecified atom stereocenters. The van der Waals surface area contributed by atoms with E-state index in [2.05, 4.69) is 77.3 Å². The Bertz CT molecular complexity index is 1110. The summed E-state index contributed by atoms with van der Waals surface area (Å²) >= 11 is 3.49. The van der Waals surface area contributed by atoms with Crippen molar-refractivity contribution in [1.82, 2.24) is 30.2 Å². The third kappa shape index (κ3) is 5.59. The van der Waals surface area contributed by atoms with Gasteiger partial charge in [0.25, 0.3) is 0 Å². The summed E-state index contributed by atoms with van der Waals surface area (Å²) in [6, 6.07) is 16.4. The molecule has 0 saturated carbocycles. The second kappa shape index (κ2) is 11.6. The van der Waals surface area contributed by atoms with Crippen LogP contribution < -0.4 is 56.6 Å². The van der Waals surface area contributed by atoms with Crippen LogP contribution in [0.4, 0.5) is 0 Å². The van der Waals surface area contributed by atoms with Crippen LogP contribution in [-0.2, 0) is 19.6 Å². The molecule has 0 atom stereocenters. The number of unbranched alkanes of at least 4 members (excludes halogenated alkanes) is 1. The maximum Gasteiger partial charge on any atom is 1.00 e. The van der Waals surface area contributed by atoms with E-state index in [0.717, 1.165) is 57.6 Å². The van der Waals surface area contributed by atoms with Crippen molar-refractivity contribution in [2.45, 2.75) is 39.3 Å². The molecule has 0 aliphatic rings. The number of tetrazole rings is 1. The summed E-state index contributed by atoms with van der Waals surface area (Å²) in [5.74, 6) is 1.52. The third-order valence-electron chi connectivity index (χ3n) is 5.10. The molecule has 4 aromatic rings. The van der Waals surface area contributed by atoms with Crippen LogP contribution in [0.1, 0.15) is 36.8 Å². The molecule has 154 valence electrons. The van der Waals surface area contributed by atoms with Gasteiger partial charge in [0, 0.05) is 18.5 Å². The van der Waals surface area contributed by atoms with Gasteiger partial charge >= 0.3 is 51.4 Å². The average Bonchev–Trinajstić information content (AvgIpc) is 3.41. The molecular formula is C22H22BrKN6O. The number of aryl methyl sites for hydroxylation is 1. The van der Waals surface area contributed by atoms with Crippen molar-refractivity contribution in [2.24, 2.45) is 0 Å². The fourth-order valence-electron chi connectivity index (χ4n) is 3.52. The minimum Gasteiger partial charge on any atom is -0.390 e. The minimum absolute atomic E-state index is 0. The summed E-state index contributed by atoms with van der Waals surface area (Å²) in [7, 11) is 0. The van der Waals surface area contributed by atoms with Gasteiger partial charge in [-0.15, -0.1) is 0 Å². The predicted molar refractivity (Wildman–Crippen MR) is 118 cm³/mol. The van der Waals surface area contributed by atoms with E-state index in [1.807, 2.05) is 24.3 Å². The van der Waals surface area contributed by atoms with Crippen molar-refractivity contribution < 1.29 is 56.5 Å². The van der Waals surface area contributed by atoms with Crippen LogP contribution in [0, 0.1) is 0 Å². The van der Waals surface area contributed by atoms with Gasteiger partial charge < -0.3 is 14.8 Å². The van der Waals surface area contributed by atoms with Crippen LogP contribution in [0.3, 0.4) is 0 Å². The number of aliphatic hydroxyl groups is 1. The number of rotatable bonds is 8. The molecule has 9 heteroatoms. The average molecular weight is 505 g/mol. The number of nitrogens with zero attached hydrogens (tertiary/aromatic N) is 6. The van der Waals surface area contributed by atoms with Crippen LogP contribution in [-0.4, -0.2) is 30.1 Å². The van der Waals surface area contributed by atoms with E-state index in [9.17, 15) is 5.11 Å².